The van der Waals surface area contributed by atoms with Gasteiger partial charge < -0.3 is 14.3 Å². The number of rotatable bonds is 8. The van der Waals surface area contributed by atoms with E-state index < -0.39 is 11.6 Å². The van der Waals surface area contributed by atoms with Crippen LogP contribution in [-0.2, 0) is 17.8 Å². The van der Waals surface area contributed by atoms with Crippen LogP contribution in [0.2, 0.25) is 0 Å². The summed E-state index contributed by atoms with van der Waals surface area (Å²) in [4.78, 5) is 11.0. The molecular weight excluding hydrogens is 362 g/mol. The van der Waals surface area contributed by atoms with Gasteiger partial charge in [0.1, 0.15) is 18.1 Å². The van der Waals surface area contributed by atoms with E-state index in [0.29, 0.717) is 18.6 Å². The Morgan fingerprint density at radius 1 is 0.857 bits per heavy atom. The van der Waals surface area contributed by atoms with Gasteiger partial charge in [-0.25, -0.2) is 8.78 Å². The highest BCUT2D eigenvalue weighted by molar-refractivity contribution is 5.75. The Hall–Kier alpha value is -3.21. The standard InChI is InChI=1S/C23H20F2O3/c1-16(26)9-10-17-11-12-22(21(25)14-17)27-15-18-5-4-6-19(13-18)28-23-8-3-2-7-20(23)24/h2-8,11-14H,9-10,15H2,1H3. The molecule has 0 aromatic heterocycles. The quantitative estimate of drug-likeness (QED) is 0.490. The van der Waals surface area contributed by atoms with E-state index in [0.717, 1.165) is 11.1 Å². The first-order valence-corrected chi connectivity index (χ1v) is 8.93. The zero-order valence-electron chi connectivity index (χ0n) is 15.5. The molecule has 3 rings (SSSR count). The number of Topliss-reactive ketones (excluding diaryl/α,β-unsaturated/α-hetero) is 1. The molecule has 0 aliphatic carbocycles. The van der Waals surface area contributed by atoms with E-state index in [9.17, 15) is 13.6 Å². The zero-order valence-corrected chi connectivity index (χ0v) is 15.5. The van der Waals surface area contributed by atoms with Crippen molar-refractivity contribution in [1.29, 1.82) is 0 Å². The summed E-state index contributed by atoms with van der Waals surface area (Å²) in [6.07, 6.45) is 0.885. The van der Waals surface area contributed by atoms with Gasteiger partial charge in [0.15, 0.2) is 23.1 Å². The number of benzene rings is 3. The van der Waals surface area contributed by atoms with E-state index in [-0.39, 0.29) is 23.9 Å². The number of carbonyl (C=O) groups is 1. The largest absolute Gasteiger partial charge is 0.486 e. The maximum Gasteiger partial charge on any atom is 0.165 e. The summed E-state index contributed by atoms with van der Waals surface area (Å²) >= 11 is 0. The third-order valence-corrected chi connectivity index (χ3v) is 4.12. The van der Waals surface area contributed by atoms with Gasteiger partial charge in [0.25, 0.3) is 0 Å². The molecule has 144 valence electrons. The second-order valence-corrected chi connectivity index (χ2v) is 6.44. The lowest BCUT2D eigenvalue weighted by molar-refractivity contribution is -0.116. The molecule has 0 N–H and O–H groups in total. The van der Waals surface area contributed by atoms with Crippen molar-refractivity contribution in [3.63, 3.8) is 0 Å². The number of hydrogen-bond donors (Lipinski definition) is 0. The lowest BCUT2D eigenvalue weighted by atomic mass is 10.1. The van der Waals surface area contributed by atoms with Crippen LogP contribution in [0.5, 0.6) is 17.2 Å². The predicted molar refractivity (Wildman–Crippen MR) is 103 cm³/mol. The van der Waals surface area contributed by atoms with Gasteiger partial charge in [-0.1, -0.05) is 30.3 Å². The molecule has 0 spiro atoms. The van der Waals surface area contributed by atoms with Gasteiger partial charge in [-0.2, -0.15) is 0 Å². The summed E-state index contributed by atoms with van der Waals surface area (Å²) in [7, 11) is 0. The molecule has 3 aromatic rings. The van der Waals surface area contributed by atoms with E-state index in [1.54, 1.807) is 48.5 Å². The minimum atomic E-state index is -0.472. The third kappa shape index (κ3) is 5.39. The number of para-hydroxylation sites is 1. The number of ketones is 1. The summed E-state index contributed by atoms with van der Waals surface area (Å²) in [6.45, 7) is 1.65. The maximum absolute atomic E-state index is 14.2. The van der Waals surface area contributed by atoms with Gasteiger partial charge in [0, 0.05) is 6.42 Å². The van der Waals surface area contributed by atoms with Crippen molar-refractivity contribution in [2.45, 2.75) is 26.4 Å². The van der Waals surface area contributed by atoms with Gasteiger partial charge in [0.05, 0.1) is 0 Å². The van der Waals surface area contributed by atoms with Gasteiger partial charge in [0.2, 0.25) is 0 Å². The first kappa shape index (κ1) is 19.5. The van der Waals surface area contributed by atoms with Crippen LogP contribution >= 0.6 is 0 Å². The van der Waals surface area contributed by atoms with Crippen molar-refractivity contribution >= 4 is 5.78 Å². The minimum Gasteiger partial charge on any atom is -0.486 e. The Morgan fingerprint density at radius 2 is 1.68 bits per heavy atom. The normalized spacial score (nSPS) is 10.5. The lowest BCUT2D eigenvalue weighted by Gasteiger charge is -2.11. The summed E-state index contributed by atoms with van der Waals surface area (Å²) in [5.41, 5.74) is 1.51. The van der Waals surface area contributed by atoms with Crippen LogP contribution in [0.15, 0.2) is 66.7 Å². The van der Waals surface area contributed by atoms with E-state index in [1.165, 1.54) is 19.1 Å². The second-order valence-electron chi connectivity index (χ2n) is 6.44. The minimum absolute atomic E-state index is 0.0678. The molecule has 0 bridgehead atoms. The highest BCUT2D eigenvalue weighted by Crippen LogP contribution is 2.26. The van der Waals surface area contributed by atoms with Crippen LogP contribution in [0.3, 0.4) is 0 Å². The van der Waals surface area contributed by atoms with Crippen molar-refractivity contribution in [3.8, 4) is 17.2 Å². The SMILES string of the molecule is CC(=O)CCc1ccc(OCc2cccc(Oc3ccccc3F)c2)c(F)c1. The topological polar surface area (TPSA) is 35.5 Å². The van der Waals surface area contributed by atoms with Crippen LogP contribution < -0.4 is 9.47 Å². The molecule has 0 fully saturated rings. The van der Waals surface area contributed by atoms with Crippen molar-refractivity contribution in [1.82, 2.24) is 0 Å². The molecule has 0 unspecified atom stereocenters. The van der Waals surface area contributed by atoms with Crippen LogP contribution in [0.25, 0.3) is 0 Å². The third-order valence-electron chi connectivity index (χ3n) is 4.12. The maximum atomic E-state index is 14.2. The van der Waals surface area contributed by atoms with Crippen LogP contribution in [0.1, 0.15) is 24.5 Å². The Bertz CT molecular complexity index is 970. The molecule has 5 heteroatoms. The van der Waals surface area contributed by atoms with Crippen LogP contribution in [0, 0.1) is 11.6 Å². The number of carbonyl (C=O) groups excluding carboxylic acids is 1. The van der Waals surface area contributed by atoms with E-state index in [1.807, 2.05) is 6.07 Å². The summed E-state index contributed by atoms with van der Waals surface area (Å²) in [6, 6.07) is 17.8. The monoisotopic (exact) mass is 382 g/mol. The van der Waals surface area contributed by atoms with E-state index in [2.05, 4.69) is 0 Å². The van der Waals surface area contributed by atoms with Crippen LogP contribution in [0.4, 0.5) is 8.78 Å². The molecule has 0 aliphatic heterocycles. The molecule has 0 saturated carbocycles. The first-order chi connectivity index (χ1) is 13.5. The number of halogens is 2. The fraction of sp³-hybridized carbons (Fsp3) is 0.174. The summed E-state index contributed by atoms with van der Waals surface area (Å²) in [5.74, 6) is -0.125. The molecule has 0 aliphatic rings. The Labute approximate surface area is 162 Å². The van der Waals surface area contributed by atoms with Crippen molar-refractivity contribution < 1.29 is 23.0 Å². The molecule has 3 aromatic carbocycles. The zero-order chi connectivity index (χ0) is 19.9. The predicted octanol–water partition coefficient (Wildman–Crippen LogP) is 5.86. The highest BCUT2D eigenvalue weighted by atomic mass is 19.1. The molecule has 28 heavy (non-hydrogen) atoms. The molecule has 0 atom stereocenters. The molecule has 3 nitrogen and oxygen atoms in total. The molecule has 0 amide bonds. The average Bonchev–Trinajstić information content (AvgIpc) is 2.68. The highest BCUT2D eigenvalue weighted by Gasteiger charge is 2.08. The number of aryl methyl sites for hydroxylation is 1. The number of hydrogen-bond acceptors (Lipinski definition) is 3. The lowest BCUT2D eigenvalue weighted by Crippen LogP contribution is -2.00. The smallest absolute Gasteiger partial charge is 0.165 e. The van der Waals surface area contributed by atoms with E-state index in [4.69, 9.17) is 9.47 Å². The Kier molecular flexibility index (Phi) is 6.37. The van der Waals surface area contributed by atoms with Crippen molar-refractivity contribution in [2.24, 2.45) is 0 Å². The second kappa shape index (κ2) is 9.13. The Balaban J connectivity index is 1.63. The molecule has 0 radical (unpaired) electrons. The molecular formula is C23H20F2O3. The van der Waals surface area contributed by atoms with Gasteiger partial charge >= 0.3 is 0 Å². The summed E-state index contributed by atoms with van der Waals surface area (Å²) in [5, 5.41) is 0. The van der Waals surface area contributed by atoms with Crippen molar-refractivity contribution in [2.75, 3.05) is 0 Å². The van der Waals surface area contributed by atoms with E-state index >= 15 is 0 Å². The Morgan fingerprint density at radius 3 is 2.43 bits per heavy atom. The van der Waals surface area contributed by atoms with Gasteiger partial charge in [-0.15, -0.1) is 0 Å². The summed E-state index contributed by atoms with van der Waals surface area (Å²) < 4.78 is 39.0. The number of ether oxygens (including phenoxy) is 2. The average molecular weight is 382 g/mol. The van der Waals surface area contributed by atoms with Gasteiger partial charge in [-0.3, -0.25) is 0 Å². The van der Waals surface area contributed by atoms with Gasteiger partial charge in [-0.05, 0) is 60.9 Å². The van der Waals surface area contributed by atoms with Crippen molar-refractivity contribution in [3.05, 3.63) is 89.5 Å². The fourth-order valence-corrected chi connectivity index (χ4v) is 2.65. The molecule has 0 saturated heterocycles. The fourth-order valence-electron chi connectivity index (χ4n) is 2.65. The first-order valence-electron chi connectivity index (χ1n) is 8.93. The van der Waals surface area contributed by atoms with Crippen LogP contribution in [-0.4, -0.2) is 5.78 Å². The molecule has 0 heterocycles.